The third-order valence-corrected chi connectivity index (χ3v) is 4.03. The molecule has 0 saturated carbocycles. The molecular weight excluding hydrogens is 256 g/mol. The van der Waals surface area contributed by atoms with Crippen LogP contribution in [-0.2, 0) is 4.79 Å². The summed E-state index contributed by atoms with van der Waals surface area (Å²) >= 11 is 0. The van der Waals surface area contributed by atoms with Crippen LogP contribution in [-0.4, -0.2) is 42.1 Å². The van der Waals surface area contributed by atoms with E-state index in [1.807, 2.05) is 18.3 Å². The van der Waals surface area contributed by atoms with Crippen LogP contribution >= 0.6 is 0 Å². The van der Waals surface area contributed by atoms with E-state index in [9.17, 15) is 9.59 Å². The summed E-state index contributed by atoms with van der Waals surface area (Å²) in [7, 11) is 0. The third kappa shape index (κ3) is 2.70. The number of nitrogens with one attached hydrogen (secondary N) is 3. The molecule has 2 aliphatic heterocycles. The maximum Gasteiger partial charge on any atom is 0.268 e. The first kappa shape index (κ1) is 13.2. The van der Waals surface area contributed by atoms with Crippen molar-refractivity contribution in [1.82, 2.24) is 20.5 Å². The van der Waals surface area contributed by atoms with Crippen LogP contribution in [0, 0.1) is 0 Å². The van der Waals surface area contributed by atoms with Crippen LogP contribution in [0.3, 0.4) is 0 Å². The minimum Gasteiger partial charge on any atom is -0.354 e. The van der Waals surface area contributed by atoms with Gasteiger partial charge < -0.3 is 20.5 Å². The first-order valence-electron chi connectivity index (χ1n) is 7.19. The molecule has 20 heavy (non-hydrogen) atoms. The second kappa shape index (κ2) is 5.66. The Hall–Kier alpha value is -1.82. The van der Waals surface area contributed by atoms with Gasteiger partial charge in [0.2, 0.25) is 5.91 Å². The summed E-state index contributed by atoms with van der Waals surface area (Å²) < 4.78 is 2.07. The van der Waals surface area contributed by atoms with Gasteiger partial charge in [0, 0.05) is 25.2 Å². The Labute approximate surface area is 117 Å². The molecule has 1 unspecified atom stereocenters. The standard InChI is InChI=1S/C14H20N4O2/c19-13-8-10(9-16-13)17-14(20)12-2-1-7-18(12)11-3-5-15-6-4-11/h1-2,7,10-11,15H,3-6,8-9H2,(H,16,19)(H,17,20). The van der Waals surface area contributed by atoms with Gasteiger partial charge in [-0.3, -0.25) is 9.59 Å². The van der Waals surface area contributed by atoms with Crippen LogP contribution in [0.2, 0.25) is 0 Å². The monoisotopic (exact) mass is 276 g/mol. The van der Waals surface area contributed by atoms with Crippen LogP contribution in [0.25, 0.3) is 0 Å². The van der Waals surface area contributed by atoms with Crippen molar-refractivity contribution in [3.05, 3.63) is 24.0 Å². The molecule has 0 aliphatic carbocycles. The average molecular weight is 276 g/mol. The number of carbonyl (C=O) groups is 2. The fourth-order valence-electron chi connectivity index (χ4n) is 2.96. The highest BCUT2D eigenvalue weighted by atomic mass is 16.2. The number of hydrogen-bond donors (Lipinski definition) is 3. The summed E-state index contributed by atoms with van der Waals surface area (Å²) in [5.74, 6) is -0.0842. The molecular formula is C14H20N4O2. The predicted molar refractivity (Wildman–Crippen MR) is 74.5 cm³/mol. The molecule has 1 atom stereocenters. The first-order valence-corrected chi connectivity index (χ1v) is 7.19. The number of nitrogens with zero attached hydrogens (tertiary/aromatic N) is 1. The second-order valence-corrected chi connectivity index (χ2v) is 5.46. The Balaban J connectivity index is 1.68. The van der Waals surface area contributed by atoms with E-state index < -0.39 is 0 Å². The summed E-state index contributed by atoms with van der Waals surface area (Å²) in [5, 5.41) is 8.99. The zero-order valence-corrected chi connectivity index (χ0v) is 11.4. The molecule has 1 aromatic heterocycles. The van der Waals surface area contributed by atoms with Crippen molar-refractivity contribution in [2.24, 2.45) is 0 Å². The molecule has 3 heterocycles. The summed E-state index contributed by atoms with van der Waals surface area (Å²) in [6.45, 7) is 2.51. The fourth-order valence-corrected chi connectivity index (χ4v) is 2.96. The van der Waals surface area contributed by atoms with Crippen LogP contribution < -0.4 is 16.0 Å². The van der Waals surface area contributed by atoms with Gasteiger partial charge in [-0.15, -0.1) is 0 Å². The molecule has 3 N–H and O–H groups in total. The highest BCUT2D eigenvalue weighted by Crippen LogP contribution is 2.21. The second-order valence-electron chi connectivity index (χ2n) is 5.46. The Morgan fingerprint density at radius 2 is 2.15 bits per heavy atom. The van der Waals surface area contributed by atoms with Crippen LogP contribution in [0.15, 0.2) is 18.3 Å². The lowest BCUT2D eigenvalue weighted by Gasteiger charge is -2.26. The molecule has 6 heteroatoms. The number of rotatable bonds is 3. The van der Waals surface area contributed by atoms with E-state index in [1.54, 1.807) is 0 Å². The fraction of sp³-hybridized carbons (Fsp3) is 0.571. The van der Waals surface area contributed by atoms with Gasteiger partial charge in [-0.25, -0.2) is 0 Å². The molecule has 6 nitrogen and oxygen atoms in total. The zero-order chi connectivity index (χ0) is 13.9. The van der Waals surface area contributed by atoms with Gasteiger partial charge in [0.05, 0.1) is 6.04 Å². The minimum atomic E-state index is -0.0913. The van der Waals surface area contributed by atoms with E-state index in [1.165, 1.54) is 0 Å². The Bertz CT molecular complexity index is 505. The van der Waals surface area contributed by atoms with Crippen molar-refractivity contribution in [2.75, 3.05) is 19.6 Å². The smallest absolute Gasteiger partial charge is 0.268 e. The van der Waals surface area contributed by atoms with E-state index in [2.05, 4.69) is 20.5 Å². The topological polar surface area (TPSA) is 75.2 Å². The Morgan fingerprint density at radius 3 is 2.85 bits per heavy atom. The Morgan fingerprint density at radius 1 is 1.35 bits per heavy atom. The number of aromatic nitrogens is 1. The van der Waals surface area contributed by atoms with Gasteiger partial charge in [0.25, 0.3) is 5.91 Å². The quantitative estimate of drug-likeness (QED) is 0.729. The summed E-state index contributed by atoms with van der Waals surface area (Å²) in [5.41, 5.74) is 0.691. The molecule has 2 aliphatic rings. The Kier molecular flexibility index (Phi) is 3.73. The average Bonchev–Trinajstić information content (AvgIpc) is 3.09. The summed E-state index contributed by atoms with van der Waals surface area (Å²) in [6.07, 6.45) is 4.43. The lowest BCUT2D eigenvalue weighted by molar-refractivity contribution is -0.119. The van der Waals surface area contributed by atoms with Gasteiger partial charge in [0.15, 0.2) is 0 Å². The number of amides is 2. The molecule has 1 aromatic rings. The van der Waals surface area contributed by atoms with Gasteiger partial charge in [0.1, 0.15) is 5.69 Å². The molecule has 0 bridgehead atoms. The zero-order valence-electron chi connectivity index (χ0n) is 11.4. The molecule has 0 aromatic carbocycles. The largest absolute Gasteiger partial charge is 0.354 e. The van der Waals surface area contributed by atoms with E-state index >= 15 is 0 Å². The van der Waals surface area contributed by atoms with Crippen molar-refractivity contribution >= 4 is 11.8 Å². The maximum absolute atomic E-state index is 12.3. The van der Waals surface area contributed by atoms with Crippen LogP contribution in [0.5, 0.6) is 0 Å². The van der Waals surface area contributed by atoms with Crippen molar-refractivity contribution in [1.29, 1.82) is 0 Å². The van der Waals surface area contributed by atoms with Gasteiger partial charge in [-0.2, -0.15) is 0 Å². The highest BCUT2D eigenvalue weighted by Gasteiger charge is 2.25. The molecule has 2 saturated heterocycles. The molecule has 2 fully saturated rings. The van der Waals surface area contributed by atoms with E-state index in [0.29, 0.717) is 24.7 Å². The highest BCUT2D eigenvalue weighted by molar-refractivity contribution is 5.93. The number of piperidine rings is 1. The van der Waals surface area contributed by atoms with Crippen molar-refractivity contribution < 1.29 is 9.59 Å². The number of hydrogen-bond acceptors (Lipinski definition) is 3. The molecule has 108 valence electrons. The first-order chi connectivity index (χ1) is 9.74. The van der Waals surface area contributed by atoms with Gasteiger partial charge >= 0.3 is 0 Å². The molecule has 0 spiro atoms. The predicted octanol–water partition coefficient (Wildman–Crippen LogP) is 0.0309. The SMILES string of the molecule is O=C1CC(NC(=O)c2cccn2C2CCNCC2)CN1. The minimum absolute atomic E-state index is 0.00374. The summed E-state index contributed by atoms with van der Waals surface area (Å²) in [4.78, 5) is 23.5. The lowest BCUT2D eigenvalue weighted by Crippen LogP contribution is -2.38. The maximum atomic E-state index is 12.3. The van der Waals surface area contributed by atoms with Gasteiger partial charge in [-0.1, -0.05) is 0 Å². The van der Waals surface area contributed by atoms with Crippen molar-refractivity contribution in [2.45, 2.75) is 31.3 Å². The van der Waals surface area contributed by atoms with Crippen LogP contribution in [0.4, 0.5) is 0 Å². The summed E-state index contributed by atoms with van der Waals surface area (Å²) in [6, 6.07) is 4.05. The third-order valence-electron chi connectivity index (χ3n) is 4.03. The lowest BCUT2D eigenvalue weighted by atomic mass is 10.1. The normalized spacial score (nSPS) is 23.6. The molecule has 2 amide bonds. The number of carbonyl (C=O) groups excluding carboxylic acids is 2. The van der Waals surface area contributed by atoms with E-state index in [4.69, 9.17) is 0 Å². The molecule has 0 radical (unpaired) electrons. The van der Waals surface area contributed by atoms with Crippen molar-refractivity contribution in [3.8, 4) is 0 Å². The van der Waals surface area contributed by atoms with Crippen LogP contribution in [0.1, 0.15) is 35.8 Å². The molecule has 3 rings (SSSR count). The van der Waals surface area contributed by atoms with Crippen molar-refractivity contribution in [3.63, 3.8) is 0 Å². The van der Waals surface area contributed by atoms with E-state index in [-0.39, 0.29) is 17.9 Å². The van der Waals surface area contributed by atoms with Gasteiger partial charge in [-0.05, 0) is 38.1 Å². The van der Waals surface area contributed by atoms with E-state index in [0.717, 1.165) is 25.9 Å².